The number of para-hydroxylation sites is 1. The van der Waals surface area contributed by atoms with Gasteiger partial charge in [0.1, 0.15) is 0 Å². The zero-order chi connectivity index (χ0) is 18.4. The fraction of sp³-hybridized carbons (Fsp3) is 0.150. The number of aryl methyl sites for hydroxylation is 1. The molecule has 0 radical (unpaired) electrons. The molecule has 0 unspecified atom stereocenters. The van der Waals surface area contributed by atoms with E-state index in [4.69, 9.17) is 12.2 Å². The van der Waals surface area contributed by atoms with Gasteiger partial charge in [0, 0.05) is 12.6 Å². The summed E-state index contributed by atoms with van der Waals surface area (Å²) in [6.07, 6.45) is 0.931. The fourth-order valence-electron chi connectivity index (χ4n) is 3.21. The van der Waals surface area contributed by atoms with Crippen molar-refractivity contribution >= 4 is 57.1 Å². The lowest BCUT2D eigenvalue weighted by molar-refractivity contribution is -0.115. The predicted octanol–water partition coefficient (Wildman–Crippen LogP) is 4.00. The Balaban J connectivity index is 1.80. The maximum Gasteiger partial charge on any atom is 0.271 e. The van der Waals surface area contributed by atoms with Crippen molar-refractivity contribution in [2.45, 2.75) is 13.3 Å². The van der Waals surface area contributed by atoms with Crippen LogP contribution in [-0.4, -0.2) is 23.2 Å². The zero-order valence-electron chi connectivity index (χ0n) is 14.4. The van der Waals surface area contributed by atoms with Crippen molar-refractivity contribution in [3.05, 3.63) is 64.6 Å². The molecule has 26 heavy (non-hydrogen) atoms. The number of carbonyl (C=O) groups excluding carboxylic acids is 2. The van der Waals surface area contributed by atoms with Crippen LogP contribution in [0.2, 0.25) is 0 Å². The molecule has 2 aromatic carbocycles. The van der Waals surface area contributed by atoms with Crippen molar-refractivity contribution in [3.8, 4) is 0 Å². The highest BCUT2D eigenvalue weighted by molar-refractivity contribution is 8.27. The Morgan fingerprint density at radius 2 is 1.69 bits per heavy atom. The molecule has 2 aliphatic heterocycles. The van der Waals surface area contributed by atoms with Crippen LogP contribution in [0.25, 0.3) is 5.57 Å². The number of nitrogens with zero attached hydrogens (tertiary/aromatic N) is 2. The van der Waals surface area contributed by atoms with Gasteiger partial charge in [-0.3, -0.25) is 14.5 Å². The summed E-state index contributed by atoms with van der Waals surface area (Å²) >= 11 is 6.64. The molecular weight excluding hydrogens is 364 g/mol. The van der Waals surface area contributed by atoms with Crippen LogP contribution in [0.3, 0.4) is 0 Å². The number of carbonyl (C=O) groups is 2. The Labute approximate surface area is 161 Å². The summed E-state index contributed by atoms with van der Waals surface area (Å²) in [5, 5.41) is 0. The first kappa shape index (κ1) is 17.0. The lowest BCUT2D eigenvalue weighted by Crippen LogP contribution is -2.28. The number of thiocarbonyl (C=S) groups is 1. The minimum atomic E-state index is -0.238. The zero-order valence-corrected chi connectivity index (χ0v) is 16.0. The molecule has 4 rings (SSSR count). The highest BCUT2D eigenvalue weighted by Gasteiger charge is 2.41. The first-order chi connectivity index (χ1) is 12.5. The normalized spacial score (nSPS) is 19.5. The van der Waals surface area contributed by atoms with Crippen LogP contribution >= 0.6 is 24.0 Å². The van der Waals surface area contributed by atoms with Crippen molar-refractivity contribution < 1.29 is 9.59 Å². The van der Waals surface area contributed by atoms with E-state index < -0.39 is 0 Å². The largest absolute Gasteiger partial charge is 0.311 e. The van der Waals surface area contributed by atoms with E-state index in [0.717, 1.165) is 23.4 Å². The second kappa shape index (κ2) is 6.37. The monoisotopic (exact) mass is 380 g/mol. The number of fused-ring (bicyclic) bond motifs is 1. The number of hydrogen-bond acceptors (Lipinski definition) is 4. The molecule has 0 atom stereocenters. The van der Waals surface area contributed by atoms with Gasteiger partial charge in [-0.15, -0.1) is 0 Å². The molecule has 2 amide bonds. The van der Waals surface area contributed by atoms with Crippen molar-refractivity contribution in [1.82, 2.24) is 0 Å². The summed E-state index contributed by atoms with van der Waals surface area (Å²) in [6.45, 7) is 2.08. The van der Waals surface area contributed by atoms with E-state index in [1.807, 2.05) is 48.5 Å². The lowest BCUT2D eigenvalue weighted by atomic mass is 10.1. The minimum Gasteiger partial charge on any atom is -0.311 e. The van der Waals surface area contributed by atoms with Crippen LogP contribution in [0.1, 0.15) is 18.1 Å². The fourth-order valence-corrected chi connectivity index (χ4v) is 4.58. The molecule has 0 N–H and O–H groups in total. The molecule has 1 saturated heterocycles. The summed E-state index contributed by atoms with van der Waals surface area (Å²) in [5.74, 6) is -0.411. The smallest absolute Gasteiger partial charge is 0.271 e. The van der Waals surface area contributed by atoms with Gasteiger partial charge in [0.15, 0.2) is 4.32 Å². The van der Waals surface area contributed by atoms with E-state index in [2.05, 4.69) is 6.92 Å². The number of rotatable bonds is 2. The molecule has 0 aromatic heterocycles. The summed E-state index contributed by atoms with van der Waals surface area (Å²) in [4.78, 5) is 29.4. The maximum absolute atomic E-state index is 13.1. The molecule has 2 aromatic rings. The molecule has 2 aliphatic rings. The SMILES string of the molecule is CCc1ccc(N2C(=O)/C(=C3/C(=O)N(C)c4ccccc43)SC2=S)cc1. The van der Waals surface area contributed by atoms with Crippen molar-refractivity contribution in [2.75, 3.05) is 16.8 Å². The van der Waals surface area contributed by atoms with Crippen LogP contribution in [0.15, 0.2) is 53.4 Å². The number of thioether (sulfide) groups is 1. The number of likely N-dealkylation sites (N-methyl/N-ethyl adjacent to an activating group) is 1. The number of hydrogen-bond donors (Lipinski definition) is 0. The van der Waals surface area contributed by atoms with Crippen LogP contribution < -0.4 is 9.80 Å². The molecular formula is C20H16N2O2S2. The summed E-state index contributed by atoms with van der Waals surface area (Å²) < 4.78 is 0.446. The van der Waals surface area contributed by atoms with Gasteiger partial charge >= 0.3 is 0 Å². The van der Waals surface area contributed by atoms with Gasteiger partial charge in [-0.1, -0.05) is 61.2 Å². The highest BCUT2D eigenvalue weighted by Crippen LogP contribution is 2.44. The van der Waals surface area contributed by atoms with E-state index in [-0.39, 0.29) is 11.8 Å². The van der Waals surface area contributed by atoms with E-state index in [9.17, 15) is 9.59 Å². The van der Waals surface area contributed by atoms with Crippen molar-refractivity contribution in [1.29, 1.82) is 0 Å². The van der Waals surface area contributed by atoms with Gasteiger partial charge in [0.2, 0.25) is 0 Å². The molecule has 2 heterocycles. The lowest BCUT2D eigenvalue weighted by Gasteiger charge is -2.15. The van der Waals surface area contributed by atoms with Crippen molar-refractivity contribution in [3.63, 3.8) is 0 Å². The van der Waals surface area contributed by atoms with Gasteiger partial charge in [0.25, 0.3) is 11.8 Å². The third-order valence-corrected chi connectivity index (χ3v) is 6.03. The second-order valence-corrected chi connectivity index (χ2v) is 7.76. The van der Waals surface area contributed by atoms with Gasteiger partial charge < -0.3 is 4.90 Å². The summed E-state index contributed by atoms with van der Waals surface area (Å²) in [6, 6.07) is 15.3. The number of anilines is 2. The van der Waals surface area contributed by atoms with Crippen LogP contribution in [0.5, 0.6) is 0 Å². The molecule has 1 fully saturated rings. The standard InChI is InChI=1S/C20H16N2O2S2/c1-3-12-8-10-13(11-9-12)22-19(24)17(26-20(22)25)16-14-6-4-5-7-15(14)21(2)18(16)23/h4-11H,3H2,1-2H3/b17-16-. The molecule has 0 aliphatic carbocycles. The molecule has 6 heteroatoms. The van der Waals surface area contributed by atoms with E-state index in [1.165, 1.54) is 22.2 Å². The second-order valence-electron chi connectivity index (χ2n) is 6.11. The molecule has 4 nitrogen and oxygen atoms in total. The Morgan fingerprint density at radius 3 is 2.38 bits per heavy atom. The Bertz CT molecular complexity index is 980. The van der Waals surface area contributed by atoms with E-state index in [0.29, 0.717) is 14.8 Å². The Hall–Kier alpha value is -2.44. The number of amides is 2. The van der Waals surface area contributed by atoms with Crippen LogP contribution in [0.4, 0.5) is 11.4 Å². The van der Waals surface area contributed by atoms with Crippen LogP contribution in [0, 0.1) is 0 Å². The van der Waals surface area contributed by atoms with Crippen molar-refractivity contribution in [2.24, 2.45) is 0 Å². The summed E-state index contributed by atoms with van der Waals surface area (Å²) in [7, 11) is 1.72. The Kier molecular flexibility index (Phi) is 4.17. The third kappa shape index (κ3) is 2.48. The van der Waals surface area contributed by atoms with Gasteiger partial charge in [-0.2, -0.15) is 0 Å². The van der Waals surface area contributed by atoms with Gasteiger partial charge in [0.05, 0.1) is 21.9 Å². The van der Waals surface area contributed by atoms with Gasteiger partial charge in [-0.25, -0.2) is 0 Å². The van der Waals surface area contributed by atoms with Gasteiger partial charge in [-0.05, 0) is 30.2 Å². The third-order valence-electron chi connectivity index (χ3n) is 4.65. The highest BCUT2D eigenvalue weighted by atomic mass is 32.2. The first-order valence-corrected chi connectivity index (χ1v) is 9.52. The summed E-state index contributed by atoms with van der Waals surface area (Å²) in [5.41, 5.74) is 3.95. The average molecular weight is 380 g/mol. The average Bonchev–Trinajstić information content (AvgIpc) is 3.09. The molecule has 0 spiro atoms. The maximum atomic E-state index is 13.1. The molecule has 0 bridgehead atoms. The molecule has 0 saturated carbocycles. The minimum absolute atomic E-state index is 0.173. The molecule has 130 valence electrons. The Morgan fingerprint density at radius 1 is 1.00 bits per heavy atom. The quantitative estimate of drug-likeness (QED) is 0.583. The van der Waals surface area contributed by atoms with Crippen LogP contribution in [-0.2, 0) is 16.0 Å². The topological polar surface area (TPSA) is 40.6 Å². The number of benzene rings is 2. The predicted molar refractivity (Wildman–Crippen MR) is 110 cm³/mol. The first-order valence-electron chi connectivity index (χ1n) is 8.30. The van der Waals surface area contributed by atoms with E-state index in [1.54, 1.807) is 11.9 Å². The van der Waals surface area contributed by atoms with E-state index >= 15 is 0 Å².